The molecule has 1 amide bonds. The van der Waals surface area contributed by atoms with Gasteiger partial charge in [0.1, 0.15) is 0 Å². The largest absolute Gasteiger partial charge is 0.393 e. The number of hydrogen-bond acceptors (Lipinski definition) is 3. The minimum absolute atomic E-state index is 0.152. The molecule has 0 radical (unpaired) electrons. The molecule has 0 aromatic heterocycles. The summed E-state index contributed by atoms with van der Waals surface area (Å²) in [5, 5.41) is 16.0. The van der Waals surface area contributed by atoms with Crippen LogP contribution in [0.5, 0.6) is 0 Å². The van der Waals surface area contributed by atoms with Crippen LogP contribution < -0.4 is 10.6 Å². The number of nitrogens with one attached hydrogen (secondary N) is 2. The lowest BCUT2D eigenvalue weighted by Crippen LogP contribution is -2.38. The second-order valence-corrected chi connectivity index (χ2v) is 6.51. The molecule has 0 atom stereocenters. The fraction of sp³-hybridized carbons (Fsp3) is 0.632. The topological polar surface area (TPSA) is 61.4 Å². The second kappa shape index (κ2) is 9.56. The second-order valence-electron chi connectivity index (χ2n) is 6.51. The lowest BCUT2D eigenvalue weighted by Gasteiger charge is -2.26. The summed E-state index contributed by atoms with van der Waals surface area (Å²) in [6.07, 6.45) is 6.82. The van der Waals surface area contributed by atoms with Gasteiger partial charge in [-0.05, 0) is 62.6 Å². The van der Waals surface area contributed by atoms with Crippen LogP contribution in [0.15, 0.2) is 24.3 Å². The number of unbranched alkanes of at least 4 members (excludes halogenated alkanes) is 1. The van der Waals surface area contributed by atoms with Crippen molar-refractivity contribution in [2.24, 2.45) is 0 Å². The van der Waals surface area contributed by atoms with Crippen molar-refractivity contribution in [3.63, 3.8) is 0 Å². The number of anilines is 1. The van der Waals surface area contributed by atoms with Gasteiger partial charge in [-0.2, -0.15) is 0 Å². The summed E-state index contributed by atoms with van der Waals surface area (Å²) >= 11 is 0. The van der Waals surface area contributed by atoms with Crippen LogP contribution in [-0.4, -0.2) is 29.7 Å². The molecule has 1 aromatic carbocycles. The van der Waals surface area contributed by atoms with Crippen LogP contribution in [0.2, 0.25) is 0 Å². The molecule has 0 spiro atoms. The van der Waals surface area contributed by atoms with Crippen molar-refractivity contribution in [3.8, 4) is 0 Å². The highest BCUT2D eigenvalue weighted by Gasteiger charge is 2.20. The summed E-state index contributed by atoms with van der Waals surface area (Å²) in [4.78, 5) is 11.9. The van der Waals surface area contributed by atoms with E-state index in [1.165, 1.54) is 5.56 Å². The van der Waals surface area contributed by atoms with Gasteiger partial charge in [0.25, 0.3) is 0 Å². The maximum atomic E-state index is 11.9. The Bertz CT molecular complexity index is 465. The number of aryl methyl sites for hydroxylation is 1. The molecule has 0 aliphatic heterocycles. The third-order valence-electron chi connectivity index (χ3n) is 4.58. The number of aliphatic hydroxyl groups is 1. The number of rotatable bonds is 8. The van der Waals surface area contributed by atoms with Crippen molar-refractivity contribution >= 4 is 11.6 Å². The summed E-state index contributed by atoms with van der Waals surface area (Å²) in [5.41, 5.74) is 2.50. The van der Waals surface area contributed by atoms with Gasteiger partial charge in [0.15, 0.2) is 0 Å². The predicted octanol–water partition coefficient (Wildman–Crippen LogP) is 3.25. The highest BCUT2D eigenvalue weighted by molar-refractivity contribution is 5.76. The van der Waals surface area contributed by atoms with E-state index in [1.54, 1.807) is 0 Å². The molecule has 23 heavy (non-hydrogen) atoms. The Labute approximate surface area is 139 Å². The standard InChI is InChI=1S/C19H30N2O2/c1-2-15-6-8-16(9-7-15)20-14-4-3-5-19(23)21-17-10-12-18(22)13-11-17/h6-9,17-18,20,22H,2-5,10-14H2,1H3,(H,21,23). The number of hydrogen-bond donors (Lipinski definition) is 3. The van der Waals surface area contributed by atoms with Gasteiger partial charge in [-0.3, -0.25) is 4.79 Å². The Morgan fingerprint density at radius 2 is 1.83 bits per heavy atom. The molecule has 0 saturated heterocycles. The summed E-state index contributed by atoms with van der Waals surface area (Å²) < 4.78 is 0. The average molecular weight is 318 g/mol. The van der Waals surface area contributed by atoms with E-state index in [0.717, 1.165) is 57.2 Å². The van der Waals surface area contributed by atoms with Gasteiger partial charge < -0.3 is 15.7 Å². The Morgan fingerprint density at radius 1 is 1.13 bits per heavy atom. The van der Waals surface area contributed by atoms with Crippen LogP contribution in [0.1, 0.15) is 57.4 Å². The number of benzene rings is 1. The molecule has 1 fully saturated rings. The Hall–Kier alpha value is -1.55. The number of carbonyl (C=O) groups excluding carboxylic acids is 1. The molecular formula is C19H30N2O2. The fourth-order valence-corrected chi connectivity index (χ4v) is 3.02. The zero-order valence-electron chi connectivity index (χ0n) is 14.2. The molecule has 0 bridgehead atoms. The van der Waals surface area contributed by atoms with E-state index < -0.39 is 0 Å². The van der Waals surface area contributed by atoms with Crippen molar-refractivity contribution in [2.45, 2.75) is 70.4 Å². The van der Waals surface area contributed by atoms with Gasteiger partial charge in [0, 0.05) is 24.7 Å². The molecule has 1 aliphatic carbocycles. The van der Waals surface area contributed by atoms with Crippen molar-refractivity contribution in [1.82, 2.24) is 5.32 Å². The molecule has 128 valence electrons. The fourth-order valence-electron chi connectivity index (χ4n) is 3.02. The van der Waals surface area contributed by atoms with Crippen LogP contribution in [-0.2, 0) is 11.2 Å². The lowest BCUT2D eigenvalue weighted by atomic mass is 9.93. The lowest BCUT2D eigenvalue weighted by molar-refractivity contribution is -0.122. The van der Waals surface area contributed by atoms with Crippen molar-refractivity contribution in [1.29, 1.82) is 0 Å². The van der Waals surface area contributed by atoms with E-state index in [9.17, 15) is 9.90 Å². The molecule has 1 saturated carbocycles. The van der Waals surface area contributed by atoms with E-state index >= 15 is 0 Å². The maximum Gasteiger partial charge on any atom is 0.220 e. The molecule has 1 aliphatic rings. The smallest absolute Gasteiger partial charge is 0.220 e. The normalized spacial score (nSPS) is 21.0. The Balaban J connectivity index is 1.53. The van der Waals surface area contributed by atoms with Crippen molar-refractivity contribution < 1.29 is 9.90 Å². The monoisotopic (exact) mass is 318 g/mol. The summed E-state index contributed by atoms with van der Waals surface area (Å²) in [6, 6.07) is 8.79. The van der Waals surface area contributed by atoms with Crippen LogP contribution >= 0.6 is 0 Å². The first-order valence-electron chi connectivity index (χ1n) is 8.97. The van der Waals surface area contributed by atoms with E-state index in [2.05, 4.69) is 41.8 Å². The Kier molecular flexibility index (Phi) is 7.40. The highest BCUT2D eigenvalue weighted by atomic mass is 16.3. The minimum Gasteiger partial charge on any atom is -0.393 e. The molecule has 0 unspecified atom stereocenters. The van der Waals surface area contributed by atoms with E-state index in [1.807, 2.05) is 0 Å². The molecule has 4 nitrogen and oxygen atoms in total. The first-order valence-corrected chi connectivity index (χ1v) is 8.97. The molecular weight excluding hydrogens is 288 g/mol. The average Bonchev–Trinajstić information content (AvgIpc) is 2.57. The van der Waals surface area contributed by atoms with E-state index in [4.69, 9.17) is 0 Å². The summed E-state index contributed by atoms with van der Waals surface area (Å²) in [5.74, 6) is 0.152. The van der Waals surface area contributed by atoms with Gasteiger partial charge in [-0.15, -0.1) is 0 Å². The van der Waals surface area contributed by atoms with Crippen LogP contribution in [0.4, 0.5) is 5.69 Å². The molecule has 1 aromatic rings. The van der Waals surface area contributed by atoms with Crippen LogP contribution in [0, 0.1) is 0 Å². The Morgan fingerprint density at radius 3 is 2.48 bits per heavy atom. The van der Waals surface area contributed by atoms with Crippen LogP contribution in [0.3, 0.4) is 0 Å². The molecule has 0 heterocycles. The molecule has 4 heteroatoms. The third kappa shape index (κ3) is 6.61. The minimum atomic E-state index is -0.166. The van der Waals surface area contributed by atoms with Gasteiger partial charge >= 0.3 is 0 Å². The zero-order valence-corrected chi connectivity index (χ0v) is 14.2. The SMILES string of the molecule is CCc1ccc(NCCCCC(=O)NC2CCC(O)CC2)cc1. The van der Waals surface area contributed by atoms with Crippen LogP contribution in [0.25, 0.3) is 0 Å². The zero-order chi connectivity index (χ0) is 16.5. The van der Waals surface area contributed by atoms with E-state index in [-0.39, 0.29) is 18.1 Å². The van der Waals surface area contributed by atoms with Gasteiger partial charge in [0.2, 0.25) is 5.91 Å². The van der Waals surface area contributed by atoms with Gasteiger partial charge in [-0.1, -0.05) is 19.1 Å². The number of carbonyl (C=O) groups is 1. The number of aliphatic hydroxyl groups excluding tert-OH is 1. The summed E-state index contributed by atoms with van der Waals surface area (Å²) in [7, 11) is 0. The summed E-state index contributed by atoms with van der Waals surface area (Å²) in [6.45, 7) is 3.05. The third-order valence-corrected chi connectivity index (χ3v) is 4.58. The predicted molar refractivity (Wildman–Crippen MR) is 94.6 cm³/mol. The molecule has 3 N–H and O–H groups in total. The van der Waals surface area contributed by atoms with Crippen molar-refractivity contribution in [3.05, 3.63) is 29.8 Å². The first-order chi connectivity index (χ1) is 11.2. The first kappa shape index (κ1) is 17.8. The van der Waals surface area contributed by atoms with Gasteiger partial charge in [0.05, 0.1) is 6.10 Å². The quantitative estimate of drug-likeness (QED) is 0.645. The maximum absolute atomic E-state index is 11.9. The highest BCUT2D eigenvalue weighted by Crippen LogP contribution is 2.18. The molecule has 2 rings (SSSR count). The number of amides is 1. The van der Waals surface area contributed by atoms with Gasteiger partial charge in [-0.25, -0.2) is 0 Å². The van der Waals surface area contributed by atoms with Crippen molar-refractivity contribution in [2.75, 3.05) is 11.9 Å². The van der Waals surface area contributed by atoms with E-state index in [0.29, 0.717) is 6.42 Å².